The van der Waals surface area contributed by atoms with Gasteiger partial charge in [-0.2, -0.15) is 0 Å². The Labute approximate surface area is 152 Å². The molecule has 4 atom stereocenters. The summed E-state index contributed by atoms with van der Waals surface area (Å²) in [5, 5.41) is 30.3. The van der Waals surface area contributed by atoms with E-state index in [1.165, 1.54) is 0 Å². The van der Waals surface area contributed by atoms with Gasteiger partial charge in [0.2, 0.25) is 0 Å². The molecule has 2 saturated heterocycles. The van der Waals surface area contributed by atoms with Gasteiger partial charge in [0.15, 0.2) is 0 Å². The number of hydrogen-bond donors (Lipinski definition) is 3. The highest BCUT2D eigenvalue weighted by molar-refractivity contribution is 5.57. The molecule has 0 radical (unpaired) electrons. The Bertz CT molecular complexity index is 667. The van der Waals surface area contributed by atoms with E-state index in [1.54, 1.807) is 0 Å². The van der Waals surface area contributed by atoms with Crippen molar-refractivity contribution < 1.29 is 20.1 Å². The van der Waals surface area contributed by atoms with Gasteiger partial charge in [-0.1, -0.05) is 36.4 Å². The molecule has 26 heavy (non-hydrogen) atoms. The van der Waals surface area contributed by atoms with Crippen LogP contribution in [-0.4, -0.2) is 65.6 Å². The number of aliphatic hydroxyl groups excluding tert-OH is 3. The fraction of sp³-hybridized carbons (Fsp3) is 0.400. The molecule has 2 aliphatic rings. The lowest BCUT2D eigenvalue weighted by molar-refractivity contribution is -0.0285. The van der Waals surface area contributed by atoms with Crippen LogP contribution in [0.2, 0.25) is 0 Å². The summed E-state index contributed by atoms with van der Waals surface area (Å²) in [4.78, 5) is 4.38. The maximum absolute atomic E-state index is 10.6. The fourth-order valence-electron chi connectivity index (χ4n) is 3.98. The van der Waals surface area contributed by atoms with Crippen molar-refractivity contribution in [3.05, 3.63) is 60.7 Å². The average Bonchev–Trinajstić information content (AvgIpc) is 3.25. The molecular weight excluding hydrogens is 332 g/mol. The Morgan fingerprint density at radius 3 is 1.73 bits per heavy atom. The number of nitrogens with zero attached hydrogens (tertiary/aromatic N) is 2. The van der Waals surface area contributed by atoms with Gasteiger partial charge in [0.05, 0.1) is 6.61 Å². The van der Waals surface area contributed by atoms with Gasteiger partial charge in [0.1, 0.15) is 30.6 Å². The van der Waals surface area contributed by atoms with E-state index < -0.39 is 24.4 Å². The van der Waals surface area contributed by atoms with Crippen molar-refractivity contribution in [2.24, 2.45) is 0 Å². The molecule has 0 bridgehead atoms. The predicted octanol–water partition coefficient (Wildman–Crippen LogP) is 0.821. The number of rotatable bonds is 4. The quantitative estimate of drug-likeness (QED) is 0.753. The van der Waals surface area contributed by atoms with Crippen molar-refractivity contribution in [2.45, 2.75) is 30.6 Å². The van der Waals surface area contributed by atoms with E-state index in [1.807, 2.05) is 60.7 Å². The summed E-state index contributed by atoms with van der Waals surface area (Å²) < 4.78 is 5.89. The van der Waals surface area contributed by atoms with Crippen LogP contribution < -0.4 is 9.80 Å². The normalized spacial score (nSPS) is 29.5. The second-order valence-electron chi connectivity index (χ2n) is 6.77. The molecule has 2 fully saturated rings. The van der Waals surface area contributed by atoms with Crippen LogP contribution in [0.1, 0.15) is 0 Å². The number of para-hydroxylation sites is 2. The number of benzene rings is 2. The number of ether oxygens (including phenoxy) is 1. The van der Waals surface area contributed by atoms with Gasteiger partial charge in [0, 0.05) is 24.5 Å². The van der Waals surface area contributed by atoms with E-state index >= 15 is 0 Å². The maximum Gasteiger partial charge on any atom is 0.131 e. The highest BCUT2D eigenvalue weighted by Gasteiger charge is 2.51. The summed E-state index contributed by atoms with van der Waals surface area (Å²) in [5.41, 5.74) is 2.07. The van der Waals surface area contributed by atoms with Crippen LogP contribution in [0.4, 0.5) is 11.4 Å². The largest absolute Gasteiger partial charge is 0.394 e. The van der Waals surface area contributed by atoms with E-state index in [0.717, 1.165) is 24.5 Å². The minimum atomic E-state index is -1.10. The van der Waals surface area contributed by atoms with Gasteiger partial charge < -0.3 is 29.9 Å². The number of aliphatic hydroxyl groups is 3. The lowest BCUT2D eigenvalue weighted by atomic mass is 10.0. The van der Waals surface area contributed by atoms with Crippen LogP contribution in [0.5, 0.6) is 0 Å². The Morgan fingerprint density at radius 2 is 1.31 bits per heavy atom. The number of anilines is 2. The Hall–Kier alpha value is -2.12. The minimum absolute atomic E-state index is 0.277. The van der Waals surface area contributed by atoms with Crippen LogP contribution in [-0.2, 0) is 4.74 Å². The first kappa shape index (κ1) is 17.3. The van der Waals surface area contributed by atoms with Crippen LogP contribution in [0.25, 0.3) is 0 Å². The zero-order valence-electron chi connectivity index (χ0n) is 14.4. The predicted molar refractivity (Wildman–Crippen MR) is 99.1 cm³/mol. The first-order chi connectivity index (χ1) is 12.7. The summed E-state index contributed by atoms with van der Waals surface area (Å²) in [6.07, 6.45) is -3.84. The topological polar surface area (TPSA) is 76.4 Å². The molecule has 138 valence electrons. The second-order valence-corrected chi connectivity index (χ2v) is 6.77. The van der Waals surface area contributed by atoms with Crippen molar-refractivity contribution in [3.63, 3.8) is 0 Å². The summed E-state index contributed by atoms with van der Waals surface area (Å²) in [6, 6.07) is 20.0. The first-order valence-corrected chi connectivity index (χ1v) is 8.96. The smallest absolute Gasteiger partial charge is 0.131 e. The third-order valence-corrected chi connectivity index (χ3v) is 5.27. The standard InChI is InChI=1S/C20H24N2O4/c23-13-16-17(24)18(25)19(26-16)20-21(14-7-3-1-4-8-14)11-12-22(20)15-9-5-2-6-10-15/h1-10,16-20,23-25H,11-13H2. The SMILES string of the molecule is OCC1OC(C2N(c3ccccc3)CCN2c2ccccc2)C(O)C1O. The molecule has 2 aromatic carbocycles. The molecule has 2 aromatic rings. The monoisotopic (exact) mass is 356 g/mol. The number of hydrogen-bond acceptors (Lipinski definition) is 6. The Balaban J connectivity index is 1.71. The van der Waals surface area contributed by atoms with Gasteiger partial charge in [-0.05, 0) is 24.3 Å². The van der Waals surface area contributed by atoms with Crippen LogP contribution in [0.15, 0.2) is 60.7 Å². The van der Waals surface area contributed by atoms with Crippen LogP contribution in [0, 0.1) is 0 Å². The fourth-order valence-corrected chi connectivity index (χ4v) is 3.98. The first-order valence-electron chi connectivity index (χ1n) is 8.96. The highest BCUT2D eigenvalue weighted by atomic mass is 16.6. The van der Waals surface area contributed by atoms with E-state index in [2.05, 4.69) is 9.80 Å². The molecule has 2 aliphatic heterocycles. The van der Waals surface area contributed by atoms with Crippen molar-refractivity contribution in [2.75, 3.05) is 29.5 Å². The van der Waals surface area contributed by atoms with Crippen molar-refractivity contribution in [1.82, 2.24) is 0 Å². The summed E-state index contributed by atoms with van der Waals surface area (Å²) >= 11 is 0. The second kappa shape index (κ2) is 7.25. The van der Waals surface area contributed by atoms with Crippen LogP contribution >= 0.6 is 0 Å². The summed E-state index contributed by atoms with van der Waals surface area (Å²) in [5.74, 6) is 0. The van der Waals surface area contributed by atoms with E-state index in [-0.39, 0.29) is 12.8 Å². The van der Waals surface area contributed by atoms with Crippen molar-refractivity contribution in [3.8, 4) is 0 Å². The minimum Gasteiger partial charge on any atom is -0.394 e. The molecule has 6 heteroatoms. The maximum atomic E-state index is 10.6. The van der Waals surface area contributed by atoms with Gasteiger partial charge in [0.25, 0.3) is 0 Å². The summed E-state index contributed by atoms with van der Waals surface area (Å²) in [6.45, 7) is 1.23. The Kier molecular flexibility index (Phi) is 4.82. The third kappa shape index (κ3) is 2.95. The molecule has 3 N–H and O–H groups in total. The van der Waals surface area contributed by atoms with E-state index in [0.29, 0.717) is 0 Å². The Morgan fingerprint density at radius 1 is 0.808 bits per heavy atom. The molecular formula is C20H24N2O4. The van der Waals surface area contributed by atoms with Crippen molar-refractivity contribution >= 4 is 11.4 Å². The average molecular weight is 356 g/mol. The van der Waals surface area contributed by atoms with Crippen LogP contribution in [0.3, 0.4) is 0 Å². The third-order valence-electron chi connectivity index (χ3n) is 5.27. The lowest BCUT2D eigenvalue weighted by Gasteiger charge is -2.37. The zero-order valence-corrected chi connectivity index (χ0v) is 14.4. The molecule has 4 rings (SSSR count). The molecule has 0 aliphatic carbocycles. The van der Waals surface area contributed by atoms with E-state index in [9.17, 15) is 15.3 Å². The van der Waals surface area contributed by atoms with E-state index in [4.69, 9.17) is 4.74 Å². The lowest BCUT2D eigenvalue weighted by Crippen LogP contribution is -2.52. The van der Waals surface area contributed by atoms with Gasteiger partial charge in [-0.3, -0.25) is 0 Å². The molecule has 4 unspecified atom stereocenters. The zero-order chi connectivity index (χ0) is 18.1. The molecule has 0 saturated carbocycles. The molecule has 2 heterocycles. The van der Waals surface area contributed by atoms with Gasteiger partial charge in [-0.15, -0.1) is 0 Å². The molecule has 0 amide bonds. The van der Waals surface area contributed by atoms with Crippen molar-refractivity contribution in [1.29, 1.82) is 0 Å². The highest BCUT2D eigenvalue weighted by Crippen LogP contribution is 2.35. The van der Waals surface area contributed by atoms with Gasteiger partial charge in [-0.25, -0.2) is 0 Å². The summed E-state index contributed by atoms with van der Waals surface area (Å²) in [7, 11) is 0. The molecule has 0 spiro atoms. The molecule has 0 aromatic heterocycles. The molecule has 6 nitrogen and oxygen atoms in total. The van der Waals surface area contributed by atoms with Gasteiger partial charge >= 0.3 is 0 Å².